The summed E-state index contributed by atoms with van der Waals surface area (Å²) in [6, 6.07) is 16.1. The Morgan fingerprint density at radius 3 is 2.39 bits per heavy atom. The Bertz CT molecular complexity index is 784. The van der Waals surface area contributed by atoms with Crippen molar-refractivity contribution in [3.8, 4) is 0 Å². The Balaban J connectivity index is 1.48. The molecule has 0 radical (unpaired) electrons. The molecule has 4 rings (SSSR count). The van der Waals surface area contributed by atoms with E-state index in [1.54, 1.807) is 23.5 Å². The first-order valence-electron chi connectivity index (χ1n) is 7.26. The van der Waals surface area contributed by atoms with Crippen LogP contribution in [0.3, 0.4) is 0 Å². The molecule has 0 spiro atoms. The van der Waals surface area contributed by atoms with Crippen molar-refractivity contribution in [3.05, 3.63) is 64.7 Å². The van der Waals surface area contributed by atoms with Crippen molar-refractivity contribution >= 4 is 51.0 Å². The summed E-state index contributed by atoms with van der Waals surface area (Å²) in [6.45, 7) is 2.08. The lowest BCUT2D eigenvalue weighted by molar-refractivity contribution is 0.809. The molecule has 0 fully saturated rings. The molecular formula is C17H14ClN3S2. The second-order valence-electron chi connectivity index (χ2n) is 5.38. The molecule has 0 saturated carbocycles. The van der Waals surface area contributed by atoms with Crippen LogP contribution in [0.2, 0.25) is 5.02 Å². The minimum Gasteiger partial charge on any atom is -0.335 e. The first-order valence-corrected chi connectivity index (χ1v) is 9.40. The van der Waals surface area contributed by atoms with Crippen molar-refractivity contribution in [2.24, 2.45) is 9.98 Å². The van der Waals surface area contributed by atoms with Gasteiger partial charge in [0, 0.05) is 16.3 Å². The monoisotopic (exact) mass is 359 g/mol. The van der Waals surface area contributed by atoms with Crippen molar-refractivity contribution in [1.29, 1.82) is 0 Å². The Morgan fingerprint density at radius 2 is 1.70 bits per heavy atom. The zero-order chi connectivity index (χ0) is 15.8. The molecule has 2 aromatic rings. The lowest BCUT2D eigenvalue weighted by atomic mass is 10.2. The van der Waals surface area contributed by atoms with E-state index < -0.39 is 0 Å². The van der Waals surface area contributed by atoms with E-state index >= 15 is 0 Å². The van der Waals surface area contributed by atoms with Gasteiger partial charge in [0.1, 0.15) is 9.63 Å². The topological polar surface area (TPSA) is 36.8 Å². The van der Waals surface area contributed by atoms with Gasteiger partial charge in [-0.05, 0) is 31.2 Å². The number of hydrogen-bond donors (Lipinski definition) is 1. The van der Waals surface area contributed by atoms with Gasteiger partial charge in [0.05, 0.1) is 0 Å². The fraction of sp³-hybridized carbons (Fsp3) is 0.176. The van der Waals surface area contributed by atoms with Crippen molar-refractivity contribution in [2.45, 2.75) is 17.7 Å². The SMILES string of the molecule is Cc1ccc(NC2=N[C@H]3N=C(c4ccc(Cl)cc4)S[C@H]3S2)cc1. The van der Waals surface area contributed by atoms with Crippen molar-refractivity contribution in [1.82, 2.24) is 0 Å². The van der Waals surface area contributed by atoms with Gasteiger partial charge in [-0.2, -0.15) is 0 Å². The summed E-state index contributed by atoms with van der Waals surface area (Å²) in [5.41, 5.74) is 3.42. The standard InChI is InChI=1S/C17H14ClN3S2/c1-10-2-8-13(9-3-10)19-17-21-14-16(23-17)22-15(20-14)11-4-6-12(18)7-5-11/h2-9,14,16H,1H3,(H,19,21)/t14-,16+/m1/s1. The van der Waals surface area contributed by atoms with Crippen molar-refractivity contribution in [2.75, 3.05) is 5.32 Å². The maximum absolute atomic E-state index is 5.94. The summed E-state index contributed by atoms with van der Waals surface area (Å²) >= 11 is 9.45. The minimum atomic E-state index is -0.0105. The van der Waals surface area contributed by atoms with Gasteiger partial charge < -0.3 is 5.32 Å². The maximum Gasteiger partial charge on any atom is 0.165 e. The van der Waals surface area contributed by atoms with E-state index in [1.165, 1.54) is 5.56 Å². The predicted molar refractivity (Wildman–Crippen MR) is 103 cm³/mol. The highest BCUT2D eigenvalue weighted by Gasteiger charge is 2.37. The Morgan fingerprint density at radius 1 is 0.957 bits per heavy atom. The Kier molecular flexibility index (Phi) is 4.09. The van der Waals surface area contributed by atoms with Crippen LogP contribution in [-0.4, -0.2) is 21.0 Å². The van der Waals surface area contributed by atoms with Gasteiger partial charge in [-0.15, -0.1) is 0 Å². The molecule has 0 aromatic heterocycles. The summed E-state index contributed by atoms with van der Waals surface area (Å²) in [7, 11) is 0. The van der Waals surface area contributed by atoms with Crippen LogP contribution in [0, 0.1) is 6.92 Å². The molecule has 23 heavy (non-hydrogen) atoms. The summed E-state index contributed by atoms with van der Waals surface area (Å²) in [4.78, 5) is 9.44. The second-order valence-corrected chi connectivity index (χ2v) is 8.38. The number of benzene rings is 2. The summed E-state index contributed by atoms with van der Waals surface area (Å²) < 4.78 is 0.314. The molecule has 1 N–H and O–H groups in total. The first-order chi connectivity index (χ1) is 11.2. The summed E-state index contributed by atoms with van der Waals surface area (Å²) in [5.74, 6) is 0. The van der Waals surface area contributed by atoms with Crippen LogP contribution in [0.1, 0.15) is 11.1 Å². The van der Waals surface area contributed by atoms with E-state index in [1.807, 2.05) is 24.3 Å². The third-order valence-electron chi connectivity index (χ3n) is 3.59. The van der Waals surface area contributed by atoms with Crippen molar-refractivity contribution in [3.63, 3.8) is 0 Å². The molecule has 0 saturated heterocycles. The van der Waals surface area contributed by atoms with Crippen molar-refractivity contribution < 1.29 is 0 Å². The number of amidine groups is 1. The van der Waals surface area contributed by atoms with Crippen LogP contribution in [-0.2, 0) is 0 Å². The van der Waals surface area contributed by atoms with E-state index in [2.05, 4.69) is 36.5 Å². The molecule has 0 bridgehead atoms. The lowest BCUT2D eigenvalue weighted by Gasteiger charge is -2.07. The van der Waals surface area contributed by atoms with E-state index in [0.29, 0.717) is 4.58 Å². The zero-order valence-corrected chi connectivity index (χ0v) is 14.8. The Hall–Kier alpha value is -1.43. The zero-order valence-electron chi connectivity index (χ0n) is 12.4. The quantitative estimate of drug-likeness (QED) is 0.818. The Labute approximate surface area is 148 Å². The molecule has 2 aromatic carbocycles. The van der Waals surface area contributed by atoms with Gasteiger partial charge in [-0.3, -0.25) is 0 Å². The number of halogens is 1. The number of nitrogens with zero attached hydrogens (tertiary/aromatic N) is 2. The summed E-state index contributed by atoms with van der Waals surface area (Å²) in [5, 5.41) is 6.10. The number of nitrogens with one attached hydrogen (secondary N) is 1. The molecule has 2 heterocycles. The van der Waals surface area contributed by atoms with Crippen LogP contribution in [0.15, 0.2) is 58.5 Å². The van der Waals surface area contributed by atoms with E-state index in [4.69, 9.17) is 21.6 Å². The molecule has 6 heteroatoms. The molecule has 2 aliphatic rings. The summed E-state index contributed by atoms with van der Waals surface area (Å²) in [6.07, 6.45) is -0.0105. The number of hydrogen-bond acceptors (Lipinski definition) is 5. The highest BCUT2D eigenvalue weighted by atomic mass is 35.5. The minimum absolute atomic E-state index is 0.0105. The van der Waals surface area contributed by atoms with Crippen LogP contribution < -0.4 is 5.32 Å². The smallest absolute Gasteiger partial charge is 0.165 e. The molecule has 2 aliphatic heterocycles. The van der Waals surface area contributed by atoms with Gasteiger partial charge in [0.2, 0.25) is 0 Å². The number of aliphatic imine (C=N–C) groups is 2. The maximum atomic E-state index is 5.94. The third-order valence-corrected chi connectivity index (χ3v) is 6.37. The van der Waals surface area contributed by atoms with Crippen LogP contribution in [0.4, 0.5) is 5.69 Å². The van der Waals surface area contributed by atoms with Gasteiger partial charge in [-0.25, -0.2) is 9.98 Å². The number of anilines is 1. The lowest BCUT2D eigenvalue weighted by Crippen LogP contribution is -2.06. The molecule has 3 nitrogen and oxygen atoms in total. The average molecular weight is 360 g/mol. The fourth-order valence-electron chi connectivity index (χ4n) is 2.37. The van der Waals surface area contributed by atoms with Crippen LogP contribution in [0.5, 0.6) is 0 Å². The molecule has 116 valence electrons. The fourth-order valence-corrected chi connectivity index (χ4v) is 4.95. The van der Waals surface area contributed by atoms with E-state index in [9.17, 15) is 0 Å². The van der Waals surface area contributed by atoms with Crippen LogP contribution in [0.25, 0.3) is 0 Å². The average Bonchev–Trinajstić information content (AvgIpc) is 3.09. The predicted octanol–water partition coefficient (Wildman–Crippen LogP) is 5.01. The number of rotatable bonds is 2. The normalized spacial score (nSPS) is 22.5. The van der Waals surface area contributed by atoms with Crippen LogP contribution >= 0.6 is 35.1 Å². The van der Waals surface area contributed by atoms with E-state index in [-0.39, 0.29) is 6.17 Å². The molecule has 0 unspecified atom stereocenters. The van der Waals surface area contributed by atoms with E-state index in [0.717, 1.165) is 26.5 Å². The molecule has 2 atom stereocenters. The second kappa shape index (κ2) is 6.23. The highest BCUT2D eigenvalue weighted by molar-refractivity contribution is 8.31. The number of thioether (sulfide) groups is 2. The molecular weight excluding hydrogens is 346 g/mol. The molecule has 0 amide bonds. The third kappa shape index (κ3) is 3.27. The van der Waals surface area contributed by atoms with Gasteiger partial charge in [-0.1, -0.05) is 65.0 Å². The largest absolute Gasteiger partial charge is 0.335 e. The van der Waals surface area contributed by atoms with Gasteiger partial charge in [0.25, 0.3) is 0 Å². The molecule has 0 aliphatic carbocycles. The highest BCUT2D eigenvalue weighted by Crippen LogP contribution is 2.43. The van der Waals surface area contributed by atoms with Gasteiger partial charge >= 0.3 is 0 Å². The van der Waals surface area contributed by atoms with Gasteiger partial charge in [0.15, 0.2) is 11.3 Å². The number of fused-ring (bicyclic) bond motifs is 1. The number of aryl methyl sites for hydroxylation is 1. The first kappa shape index (κ1) is 15.1.